The molecule has 0 unspecified atom stereocenters. The molecule has 0 saturated carbocycles. The van der Waals surface area contributed by atoms with Gasteiger partial charge in [-0.2, -0.15) is 0 Å². The number of hydrogen-bond donors (Lipinski definition) is 3. The molecule has 0 aliphatic heterocycles. The van der Waals surface area contributed by atoms with Crippen molar-refractivity contribution in [2.45, 2.75) is 5.97 Å². The molecule has 3 N–H and O–H groups in total. The first-order valence-electron chi connectivity index (χ1n) is 1.79. The molecule has 0 aromatic rings. The summed E-state index contributed by atoms with van der Waals surface area (Å²) in [6.45, 7) is 0. The SMILES string of the molecule is [N-]=[N+]=NC#CC(O)(O)O. The Hall–Kier alpha value is -1.25. The predicted octanol–water partition coefficient (Wildman–Crippen LogP) is -1.11. The third-order valence-electron chi connectivity index (χ3n) is 0.318. The van der Waals surface area contributed by atoms with Crippen LogP contribution in [0, 0.1) is 12.0 Å². The second-order valence-corrected chi connectivity index (χ2v) is 1.06. The highest BCUT2D eigenvalue weighted by molar-refractivity contribution is 5.02. The highest BCUT2D eigenvalue weighted by Crippen LogP contribution is 1.85. The maximum atomic E-state index is 8.00. The minimum Gasteiger partial charge on any atom is -0.333 e. The Morgan fingerprint density at radius 1 is 1.44 bits per heavy atom. The lowest BCUT2D eigenvalue weighted by Crippen LogP contribution is -2.23. The summed E-state index contributed by atoms with van der Waals surface area (Å²) < 4.78 is 0. The van der Waals surface area contributed by atoms with Gasteiger partial charge in [-0.15, -0.1) is 0 Å². The summed E-state index contributed by atoms with van der Waals surface area (Å²) in [4.78, 5) is 2.16. The van der Waals surface area contributed by atoms with Gasteiger partial charge in [0.15, 0.2) is 0 Å². The quantitative estimate of drug-likeness (QED) is 0.127. The highest BCUT2D eigenvalue weighted by Gasteiger charge is 2.11. The van der Waals surface area contributed by atoms with Crippen LogP contribution in [0.5, 0.6) is 0 Å². The van der Waals surface area contributed by atoms with Gasteiger partial charge in [-0.3, -0.25) is 0 Å². The van der Waals surface area contributed by atoms with E-state index in [4.69, 9.17) is 20.9 Å². The molecule has 0 heterocycles. The van der Waals surface area contributed by atoms with Crippen LogP contribution in [0.25, 0.3) is 10.4 Å². The van der Waals surface area contributed by atoms with Crippen molar-refractivity contribution in [1.82, 2.24) is 0 Å². The predicted molar refractivity (Wildman–Crippen MR) is 26.3 cm³/mol. The number of aliphatic hydroxyl groups is 3. The second kappa shape index (κ2) is 2.91. The summed E-state index contributed by atoms with van der Waals surface area (Å²) >= 11 is 0. The first kappa shape index (κ1) is 7.75. The Kier molecular flexibility index (Phi) is 2.51. The lowest BCUT2D eigenvalue weighted by atomic mass is 10.6. The van der Waals surface area contributed by atoms with Gasteiger partial charge in [0.25, 0.3) is 0 Å². The summed E-state index contributed by atoms with van der Waals surface area (Å²) in [5.74, 6) is -1.66. The summed E-state index contributed by atoms with van der Waals surface area (Å²) in [5, 5.41) is 26.6. The minimum absolute atomic E-state index is 1.42. The Bertz CT molecular complexity index is 189. The van der Waals surface area contributed by atoms with Crippen molar-refractivity contribution in [3.8, 4) is 12.0 Å². The van der Waals surface area contributed by atoms with Crippen LogP contribution in [-0.4, -0.2) is 21.3 Å². The lowest BCUT2D eigenvalue weighted by Gasteiger charge is -2.01. The first-order valence-corrected chi connectivity index (χ1v) is 1.79. The fourth-order valence-corrected chi connectivity index (χ4v) is 0.122. The highest BCUT2D eigenvalue weighted by atomic mass is 16.7. The molecule has 0 aliphatic rings. The van der Waals surface area contributed by atoms with E-state index in [9.17, 15) is 0 Å². The first-order chi connectivity index (χ1) is 4.06. The molecule has 0 amide bonds. The largest absolute Gasteiger partial charge is 0.346 e. The van der Waals surface area contributed by atoms with Crippen molar-refractivity contribution in [2.75, 3.05) is 0 Å². The number of azide groups is 1. The summed E-state index contributed by atoms with van der Waals surface area (Å²) in [7, 11) is 0. The Labute approximate surface area is 50.0 Å². The molecule has 0 aromatic carbocycles. The van der Waals surface area contributed by atoms with E-state index >= 15 is 0 Å². The normalized spacial score (nSPS) is 8.78. The lowest BCUT2D eigenvalue weighted by molar-refractivity contribution is -0.265. The molecule has 0 spiro atoms. The summed E-state index contributed by atoms with van der Waals surface area (Å²) in [6, 6.07) is 1.58. The minimum atomic E-state index is -3.08. The van der Waals surface area contributed by atoms with Crippen molar-refractivity contribution in [3.05, 3.63) is 10.4 Å². The Balaban J connectivity index is 4.03. The molecule has 48 valence electrons. The number of rotatable bonds is 0. The van der Waals surface area contributed by atoms with Gasteiger partial charge >= 0.3 is 5.97 Å². The van der Waals surface area contributed by atoms with E-state index in [1.54, 1.807) is 6.04 Å². The van der Waals surface area contributed by atoms with Gasteiger partial charge < -0.3 is 15.3 Å². The Morgan fingerprint density at radius 3 is 2.33 bits per heavy atom. The van der Waals surface area contributed by atoms with Crippen LogP contribution in [0.4, 0.5) is 0 Å². The molecule has 6 nitrogen and oxygen atoms in total. The van der Waals surface area contributed by atoms with Crippen LogP contribution in [0.1, 0.15) is 0 Å². The van der Waals surface area contributed by atoms with E-state index in [-0.39, 0.29) is 0 Å². The third kappa shape index (κ3) is 6.75. The fourth-order valence-electron chi connectivity index (χ4n) is 0.122. The van der Waals surface area contributed by atoms with Gasteiger partial charge in [0.2, 0.25) is 0 Å². The maximum absolute atomic E-state index is 8.00. The molecule has 0 radical (unpaired) electrons. The van der Waals surface area contributed by atoms with Crippen molar-refractivity contribution >= 4 is 0 Å². The molecule has 0 rings (SSSR count). The maximum Gasteiger partial charge on any atom is 0.346 e. The molecule has 0 saturated heterocycles. The van der Waals surface area contributed by atoms with Crippen molar-refractivity contribution < 1.29 is 15.3 Å². The Morgan fingerprint density at radius 2 is 2.00 bits per heavy atom. The van der Waals surface area contributed by atoms with E-state index in [2.05, 4.69) is 10.0 Å². The smallest absolute Gasteiger partial charge is 0.333 e. The molecule has 0 bridgehead atoms. The average Bonchev–Trinajstić information content (AvgIpc) is 1.63. The molecule has 0 fully saturated rings. The zero-order valence-corrected chi connectivity index (χ0v) is 4.18. The molecule has 0 aromatic heterocycles. The topological polar surface area (TPSA) is 109 Å². The fraction of sp³-hybridized carbons (Fsp3) is 0.333. The molecule has 9 heavy (non-hydrogen) atoms. The van der Waals surface area contributed by atoms with E-state index in [1.807, 2.05) is 0 Å². The number of hydrogen-bond acceptors (Lipinski definition) is 4. The van der Waals surface area contributed by atoms with Crippen molar-refractivity contribution in [2.24, 2.45) is 5.11 Å². The van der Waals surface area contributed by atoms with Gasteiger partial charge in [-0.05, 0) is 10.6 Å². The third-order valence-corrected chi connectivity index (χ3v) is 0.318. The van der Waals surface area contributed by atoms with E-state index in [0.29, 0.717) is 0 Å². The van der Waals surface area contributed by atoms with Crippen LogP contribution in [-0.2, 0) is 0 Å². The molecular weight excluding hydrogens is 126 g/mol. The van der Waals surface area contributed by atoms with Gasteiger partial charge in [0, 0.05) is 16.9 Å². The summed E-state index contributed by atoms with van der Waals surface area (Å²) in [5.41, 5.74) is 7.57. The summed E-state index contributed by atoms with van der Waals surface area (Å²) in [6.07, 6.45) is 0. The monoisotopic (exact) mass is 129 g/mol. The van der Waals surface area contributed by atoms with Crippen LogP contribution in [0.15, 0.2) is 5.11 Å². The van der Waals surface area contributed by atoms with Crippen LogP contribution in [0.2, 0.25) is 0 Å². The molecule has 6 heteroatoms. The van der Waals surface area contributed by atoms with Crippen molar-refractivity contribution in [1.29, 1.82) is 0 Å². The van der Waals surface area contributed by atoms with E-state index < -0.39 is 5.97 Å². The van der Waals surface area contributed by atoms with Crippen molar-refractivity contribution in [3.63, 3.8) is 0 Å². The standard InChI is InChI=1S/C3H3N3O3/c4-6-5-2-1-3(7,8)9/h7-9H. The zero-order valence-electron chi connectivity index (χ0n) is 4.18. The van der Waals surface area contributed by atoms with E-state index in [1.165, 1.54) is 5.92 Å². The molecule has 0 atom stereocenters. The second-order valence-electron chi connectivity index (χ2n) is 1.06. The average molecular weight is 129 g/mol. The van der Waals surface area contributed by atoms with Crippen LogP contribution >= 0.6 is 0 Å². The van der Waals surface area contributed by atoms with Gasteiger partial charge in [-0.1, -0.05) is 0 Å². The van der Waals surface area contributed by atoms with Gasteiger partial charge in [0.1, 0.15) is 0 Å². The van der Waals surface area contributed by atoms with E-state index in [0.717, 1.165) is 0 Å². The molecule has 0 aliphatic carbocycles. The van der Waals surface area contributed by atoms with Crippen LogP contribution < -0.4 is 0 Å². The zero-order chi connectivity index (χ0) is 7.33. The van der Waals surface area contributed by atoms with Gasteiger partial charge in [-0.25, -0.2) is 0 Å². The number of nitrogens with zero attached hydrogens (tertiary/aromatic N) is 3. The molecular formula is C3H3N3O3. The van der Waals surface area contributed by atoms with Gasteiger partial charge in [0.05, 0.1) is 0 Å². The van der Waals surface area contributed by atoms with Crippen LogP contribution in [0.3, 0.4) is 0 Å².